The Morgan fingerprint density at radius 2 is 2.13 bits per heavy atom. The fraction of sp³-hybridized carbons (Fsp3) is 0.188. The number of rotatable bonds is 3. The van der Waals surface area contributed by atoms with Gasteiger partial charge in [0.15, 0.2) is 0 Å². The van der Waals surface area contributed by atoms with Crippen LogP contribution in [-0.2, 0) is 0 Å². The number of hydrogen-bond acceptors (Lipinski definition) is 3. The standard InChI is InChI=1S/C16H13BrFN5/c17-13-9-21-22-6-5-10(7-14(13)22)16(19)23(12-2-3-12)15-4-1-11(18)8-20-15/h1,4-9,12,19H,2-3H2. The third-order valence-corrected chi connectivity index (χ3v) is 4.47. The van der Waals surface area contributed by atoms with Gasteiger partial charge in [-0.25, -0.2) is 13.9 Å². The molecule has 0 atom stereocenters. The molecule has 5 nitrogen and oxygen atoms in total. The number of nitrogens with one attached hydrogen (secondary N) is 1. The van der Waals surface area contributed by atoms with Crippen LogP contribution in [0.3, 0.4) is 0 Å². The lowest BCUT2D eigenvalue weighted by molar-refractivity contribution is 0.621. The molecule has 1 N–H and O–H groups in total. The van der Waals surface area contributed by atoms with Gasteiger partial charge in [0.25, 0.3) is 0 Å². The summed E-state index contributed by atoms with van der Waals surface area (Å²) >= 11 is 3.46. The molecule has 3 aromatic heterocycles. The molecular formula is C16H13BrFN5. The highest BCUT2D eigenvalue weighted by Crippen LogP contribution is 2.32. The highest BCUT2D eigenvalue weighted by molar-refractivity contribution is 9.10. The summed E-state index contributed by atoms with van der Waals surface area (Å²) in [6.07, 6.45) is 6.77. The van der Waals surface area contributed by atoms with Gasteiger partial charge in [-0.2, -0.15) is 5.10 Å². The topological polar surface area (TPSA) is 57.3 Å². The lowest BCUT2D eigenvalue weighted by Gasteiger charge is -2.24. The zero-order chi connectivity index (χ0) is 16.0. The van der Waals surface area contributed by atoms with Crippen molar-refractivity contribution in [3.05, 3.63) is 58.7 Å². The van der Waals surface area contributed by atoms with Crippen LogP contribution in [0.2, 0.25) is 0 Å². The molecule has 1 aliphatic rings. The van der Waals surface area contributed by atoms with Crippen molar-refractivity contribution >= 4 is 33.1 Å². The molecule has 0 bridgehead atoms. The zero-order valence-electron chi connectivity index (χ0n) is 12.1. The summed E-state index contributed by atoms with van der Waals surface area (Å²) in [4.78, 5) is 6.01. The van der Waals surface area contributed by atoms with Crippen LogP contribution in [0, 0.1) is 11.2 Å². The number of halogens is 2. The van der Waals surface area contributed by atoms with E-state index < -0.39 is 0 Å². The minimum Gasteiger partial charge on any atom is -0.308 e. The first-order valence-corrected chi connectivity index (χ1v) is 8.05. The van der Waals surface area contributed by atoms with Crippen molar-refractivity contribution < 1.29 is 4.39 Å². The van der Waals surface area contributed by atoms with Gasteiger partial charge >= 0.3 is 0 Å². The summed E-state index contributed by atoms with van der Waals surface area (Å²) in [7, 11) is 0. The molecule has 7 heteroatoms. The molecule has 0 radical (unpaired) electrons. The second kappa shape index (κ2) is 5.42. The van der Waals surface area contributed by atoms with Gasteiger partial charge < -0.3 is 4.90 Å². The van der Waals surface area contributed by atoms with Crippen molar-refractivity contribution in [1.29, 1.82) is 5.41 Å². The minimum absolute atomic E-state index is 0.255. The molecule has 4 rings (SSSR count). The maximum Gasteiger partial charge on any atom is 0.141 e. The summed E-state index contributed by atoms with van der Waals surface area (Å²) in [5.41, 5.74) is 1.67. The van der Waals surface area contributed by atoms with Crippen LogP contribution in [-0.4, -0.2) is 26.5 Å². The summed E-state index contributed by atoms with van der Waals surface area (Å²) in [5.74, 6) is 0.592. The molecule has 3 aromatic rings. The predicted molar refractivity (Wildman–Crippen MR) is 89.4 cm³/mol. The average Bonchev–Trinajstić information content (AvgIpc) is 3.33. The Labute approximate surface area is 140 Å². The first-order valence-electron chi connectivity index (χ1n) is 7.26. The molecule has 1 fully saturated rings. The first kappa shape index (κ1) is 14.3. The van der Waals surface area contributed by atoms with Gasteiger partial charge in [0, 0.05) is 17.8 Å². The highest BCUT2D eigenvalue weighted by Gasteiger charge is 2.33. The Hall–Kier alpha value is -2.28. The van der Waals surface area contributed by atoms with Gasteiger partial charge in [0.1, 0.15) is 17.5 Å². The van der Waals surface area contributed by atoms with Crippen molar-refractivity contribution in [3.8, 4) is 0 Å². The van der Waals surface area contributed by atoms with Crippen molar-refractivity contribution in [1.82, 2.24) is 14.6 Å². The van der Waals surface area contributed by atoms with Crippen LogP contribution in [0.4, 0.5) is 10.2 Å². The Morgan fingerprint density at radius 3 is 2.83 bits per heavy atom. The van der Waals surface area contributed by atoms with Crippen LogP contribution in [0.5, 0.6) is 0 Å². The van der Waals surface area contributed by atoms with E-state index in [0.717, 1.165) is 28.4 Å². The minimum atomic E-state index is -0.374. The Kier molecular flexibility index (Phi) is 3.37. The van der Waals surface area contributed by atoms with Crippen LogP contribution in [0.15, 0.2) is 47.3 Å². The second-order valence-corrected chi connectivity index (χ2v) is 6.38. The SMILES string of the molecule is N=C(c1ccn2ncc(Br)c2c1)N(c1ccc(F)cn1)C1CC1. The molecule has 3 heterocycles. The average molecular weight is 374 g/mol. The molecule has 116 valence electrons. The van der Waals surface area contributed by atoms with Crippen molar-refractivity contribution in [3.63, 3.8) is 0 Å². The number of hydrogen-bond donors (Lipinski definition) is 1. The Balaban J connectivity index is 1.74. The monoisotopic (exact) mass is 373 g/mol. The molecule has 1 saturated carbocycles. The van der Waals surface area contributed by atoms with Crippen molar-refractivity contribution in [2.45, 2.75) is 18.9 Å². The molecule has 0 aromatic carbocycles. The van der Waals surface area contributed by atoms with Crippen LogP contribution >= 0.6 is 15.9 Å². The fourth-order valence-electron chi connectivity index (χ4n) is 2.56. The molecule has 0 amide bonds. The quantitative estimate of drug-likeness (QED) is 0.563. The van der Waals surface area contributed by atoms with Crippen LogP contribution in [0.25, 0.3) is 5.52 Å². The molecular weight excluding hydrogens is 361 g/mol. The van der Waals surface area contributed by atoms with Crippen LogP contribution in [0.1, 0.15) is 18.4 Å². The van der Waals surface area contributed by atoms with E-state index in [4.69, 9.17) is 5.41 Å². The van der Waals surface area contributed by atoms with E-state index in [1.54, 1.807) is 16.8 Å². The van der Waals surface area contributed by atoms with Gasteiger partial charge in [-0.05, 0) is 53.0 Å². The lowest BCUT2D eigenvalue weighted by Crippen LogP contribution is -2.33. The second-order valence-electron chi connectivity index (χ2n) is 5.52. The van der Waals surface area contributed by atoms with Crippen LogP contribution < -0.4 is 4.90 Å². The van der Waals surface area contributed by atoms with E-state index in [2.05, 4.69) is 26.0 Å². The highest BCUT2D eigenvalue weighted by atomic mass is 79.9. The maximum absolute atomic E-state index is 13.1. The smallest absolute Gasteiger partial charge is 0.141 e. The number of fused-ring (bicyclic) bond motifs is 1. The van der Waals surface area contributed by atoms with E-state index in [-0.39, 0.29) is 11.9 Å². The molecule has 23 heavy (non-hydrogen) atoms. The first-order chi connectivity index (χ1) is 11.1. The largest absolute Gasteiger partial charge is 0.308 e. The molecule has 0 unspecified atom stereocenters. The maximum atomic E-state index is 13.1. The van der Waals surface area contributed by atoms with E-state index in [9.17, 15) is 4.39 Å². The summed E-state index contributed by atoms with van der Waals surface area (Å²) in [6, 6.07) is 7.02. The van der Waals surface area contributed by atoms with Gasteiger partial charge in [0.2, 0.25) is 0 Å². The van der Waals surface area contributed by atoms with Gasteiger partial charge in [0.05, 0.1) is 22.4 Å². The Bertz CT molecular complexity index is 885. The third-order valence-electron chi connectivity index (χ3n) is 3.86. The zero-order valence-corrected chi connectivity index (χ0v) is 13.7. The number of aromatic nitrogens is 3. The third kappa shape index (κ3) is 2.61. The summed E-state index contributed by atoms with van der Waals surface area (Å²) < 4.78 is 15.8. The molecule has 0 spiro atoms. The van der Waals surface area contributed by atoms with E-state index in [1.807, 2.05) is 23.2 Å². The van der Waals surface area contributed by atoms with Gasteiger partial charge in [-0.15, -0.1) is 0 Å². The predicted octanol–water partition coefficient (Wildman–Crippen LogP) is 3.63. The van der Waals surface area contributed by atoms with E-state index in [1.165, 1.54) is 12.3 Å². The van der Waals surface area contributed by atoms with Crippen molar-refractivity contribution in [2.75, 3.05) is 4.90 Å². The van der Waals surface area contributed by atoms with Gasteiger partial charge in [-0.3, -0.25) is 5.41 Å². The number of pyridine rings is 2. The van der Waals surface area contributed by atoms with E-state index >= 15 is 0 Å². The van der Waals surface area contributed by atoms with Crippen molar-refractivity contribution in [2.24, 2.45) is 0 Å². The Morgan fingerprint density at radius 1 is 1.30 bits per heavy atom. The summed E-state index contributed by atoms with van der Waals surface area (Å²) in [5, 5.41) is 12.8. The number of anilines is 1. The summed E-state index contributed by atoms with van der Waals surface area (Å²) in [6.45, 7) is 0. The molecule has 1 aliphatic carbocycles. The lowest BCUT2D eigenvalue weighted by atomic mass is 10.2. The number of nitrogens with zero attached hydrogens (tertiary/aromatic N) is 4. The normalized spacial score (nSPS) is 14.2. The van der Waals surface area contributed by atoms with Gasteiger partial charge in [-0.1, -0.05) is 0 Å². The fourth-order valence-corrected chi connectivity index (χ4v) is 2.95. The number of amidine groups is 1. The molecule has 0 aliphatic heterocycles. The van der Waals surface area contributed by atoms with E-state index in [0.29, 0.717) is 11.7 Å². The molecule has 0 saturated heterocycles.